The molecule has 11 heteroatoms. The third-order valence-electron chi connectivity index (χ3n) is 4.07. The van der Waals surface area contributed by atoms with Crippen molar-refractivity contribution in [1.29, 1.82) is 0 Å². The minimum Gasteiger partial charge on any atom is -0.744 e. The van der Waals surface area contributed by atoms with Crippen molar-refractivity contribution in [2.45, 2.75) is 11.4 Å². The van der Waals surface area contributed by atoms with Crippen molar-refractivity contribution < 1.29 is 42.5 Å². The number of allylic oxidation sites excluding steroid dienone is 1. The molecule has 0 radical (unpaired) electrons. The molecule has 2 heterocycles. The van der Waals surface area contributed by atoms with E-state index in [1.54, 1.807) is 7.05 Å². The molecule has 0 amide bonds. The molecule has 9 nitrogen and oxygen atoms in total. The number of aromatic nitrogens is 4. The molecule has 0 saturated heterocycles. The van der Waals surface area contributed by atoms with Crippen LogP contribution in [0.2, 0.25) is 0 Å². The SMILES string of the molecule is C=CCn1c(=O)c2c(nc(-c3ccc(S(=O)(=O)[O-])cc3)n2C)n(C)c1=O.[Na+]. The van der Waals surface area contributed by atoms with E-state index in [0.717, 1.165) is 4.57 Å². The van der Waals surface area contributed by atoms with Crippen LogP contribution in [0.15, 0.2) is 51.4 Å². The molecule has 0 aliphatic carbocycles. The third kappa shape index (κ3) is 3.58. The Morgan fingerprint density at radius 2 is 1.74 bits per heavy atom. The van der Waals surface area contributed by atoms with E-state index in [-0.39, 0.29) is 52.2 Å². The fourth-order valence-electron chi connectivity index (χ4n) is 2.76. The van der Waals surface area contributed by atoms with Crippen LogP contribution < -0.4 is 40.8 Å². The van der Waals surface area contributed by atoms with Gasteiger partial charge in [0, 0.05) is 26.2 Å². The normalized spacial score (nSPS) is 11.4. The summed E-state index contributed by atoms with van der Waals surface area (Å²) >= 11 is 0. The molecule has 0 bridgehead atoms. The molecule has 3 aromatic rings. The van der Waals surface area contributed by atoms with Gasteiger partial charge in [-0.1, -0.05) is 18.2 Å². The molecular weight excluding hydrogens is 383 g/mol. The van der Waals surface area contributed by atoms with Crippen LogP contribution in [0.25, 0.3) is 22.6 Å². The van der Waals surface area contributed by atoms with Gasteiger partial charge in [-0.3, -0.25) is 13.9 Å². The number of hydrogen-bond acceptors (Lipinski definition) is 6. The molecule has 27 heavy (non-hydrogen) atoms. The van der Waals surface area contributed by atoms with Crippen LogP contribution in [0.5, 0.6) is 0 Å². The van der Waals surface area contributed by atoms with Crippen molar-refractivity contribution in [2.24, 2.45) is 14.1 Å². The molecule has 0 aliphatic rings. The van der Waals surface area contributed by atoms with Crippen molar-refractivity contribution in [3.8, 4) is 11.4 Å². The average Bonchev–Trinajstić information content (AvgIpc) is 2.94. The van der Waals surface area contributed by atoms with E-state index in [0.29, 0.717) is 11.4 Å². The predicted octanol–water partition coefficient (Wildman–Crippen LogP) is -2.81. The van der Waals surface area contributed by atoms with E-state index < -0.39 is 21.4 Å². The van der Waals surface area contributed by atoms with Crippen LogP contribution in [0, 0.1) is 0 Å². The Morgan fingerprint density at radius 1 is 1.15 bits per heavy atom. The van der Waals surface area contributed by atoms with E-state index in [9.17, 15) is 22.6 Å². The van der Waals surface area contributed by atoms with Crippen molar-refractivity contribution in [3.05, 3.63) is 57.8 Å². The Hall–Kier alpha value is -1.98. The molecular formula is C16H15N4NaO5S. The smallest absolute Gasteiger partial charge is 0.744 e. The maximum Gasteiger partial charge on any atom is 1.00 e. The molecule has 136 valence electrons. The van der Waals surface area contributed by atoms with E-state index >= 15 is 0 Å². The molecule has 2 aromatic heterocycles. The van der Waals surface area contributed by atoms with Gasteiger partial charge in [0.2, 0.25) is 0 Å². The van der Waals surface area contributed by atoms with E-state index in [1.807, 2.05) is 0 Å². The van der Waals surface area contributed by atoms with E-state index in [4.69, 9.17) is 0 Å². The van der Waals surface area contributed by atoms with E-state index in [1.165, 1.54) is 46.5 Å². The molecule has 3 rings (SSSR count). The van der Waals surface area contributed by atoms with Gasteiger partial charge in [0.25, 0.3) is 5.56 Å². The van der Waals surface area contributed by atoms with E-state index in [2.05, 4.69) is 11.6 Å². The first-order chi connectivity index (χ1) is 12.2. The minimum atomic E-state index is -4.55. The standard InChI is InChI=1S/C16H16N4O5S.Na/c1-4-9-20-15(21)12-14(19(3)16(20)22)17-13(18(12)2)10-5-7-11(8-6-10)26(23,24)25;/h4-8H,1,9H2,2-3H3,(H,23,24,25);/q;+1/p-1. The minimum absolute atomic E-state index is 0. The Balaban J connectivity index is 0.00000261. The topological polar surface area (TPSA) is 119 Å². The van der Waals surface area contributed by atoms with Crippen molar-refractivity contribution >= 4 is 21.3 Å². The van der Waals surface area contributed by atoms with Crippen LogP contribution in [0.4, 0.5) is 0 Å². The van der Waals surface area contributed by atoms with Crippen molar-refractivity contribution in [3.63, 3.8) is 0 Å². The number of aryl methyl sites for hydroxylation is 2. The van der Waals surface area contributed by atoms with Crippen LogP contribution in [0.1, 0.15) is 0 Å². The Bertz CT molecular complexity index is 1250. The molecule has 0 spiro atoms. The van der Waals surface area contributed by atoms with Crippen molar-refractivity contribution in [1.82, 2.24) is 18.7 Å². The van der Waals surface area contributed by atoms with Gasteiger partial charge < -0.3 is 9.12 Å². The van der Waals surface area contributed by atoms with Gasteiger partial charge in [0.15, 0.2) is 11.2 Å². The summed E-state index contributed by atoms with van der Waals surface area (Å²) in [5.41, 5.74) is -0.0797. The maximum absolute atomic E-state index is 12.7. The van der Waals surface area contributed by atoms with Gasteiger partial charge in [-0.2, -0.15) is 0 Å². The summed E-state index contributed by atoms with van der Waals surface area (Å²) in [4.78, 5) is 29.0. The first-order valence-electron chi connectivity index (χ1n) is 7.50. The molecule has 0 fully saturated rings. The number of benzene rings is 1. The second-order valence-electron chi connectivity index (χ2n) is 5.69. The molecule has 0 saturated carbocycles. The number of fused-ring (bicyclic) bond motifs is 1. The Morgan fingerprint density at radius 3 is 2.26 bits per heavy atom. The van der Waals surface area contributed by atoms with Crippen LogP contribution >= 0.6 is 0 Å². The fraction of sp³-hybridized carbons (Fsp3) is 0.188. The molecule has 1 aromatic carbocycles. The second kappa shape index (κ2) is 7.56. The van der Waals surface area contributed by atoms with Crippen molar-refractivity contribution in [2.75, 3.05) is 0 Å². The zero-order valence-corrected chi connectivity index (χ0v) is 17.9. The van der Waals surface area contributed by atoms with Gasteiger partial charge in [-0.25, -0.2) is 18.2 Å². The van der Waals surface area contributed by atoms with Gasteiger partial charge in [0.1, 0.15) is 15.9 Å². The molecule has 0 atom stereocenters. The Labute approximate surface area is 176 Å². The summed E-state index contributed by atoms with van der Waals surface area (Å²) in [6.45, 7) is 3.61. The first kappa shape index (κ1) is 21.3. The zero-order chi connectivity index (χ0) is 19.2. The maximum atomic E-state index is 12.7. The monoisotopic (exact) mass is 398 g/mol. The second-order valence-corrected chi connectivity index (χ2v) is 7.07. The fourth-order valence-corrected chi connectivity index (χ4v) is 3.23. The number of rotatable bonds is 4. The third-order valence-corrected chi connectivity index (χ3v) is 4.92. The van der Waals surface area contributed by atoms with Crippen LogP contribution in [0.3, 0.4) is 0 Å². The summed E-state index contributed by atoms with van der Waals surface area (Å²) in [7, 11) is -1.43. The van der Waals surface area contributed by atoms with Crippen LogP contribution in [-0.4, -0.2) is 31.7 Å². The Kier molecular flexibility index (Phi) is 5.97. The van der Waals surface area contributed by atoms with Gasteiger partial charge in [0.05, 0.1) is 4.90 Å². The molecule has 0 N–H and O–H groups in total. The summed E-state index contributed by atoms with van der Waals surface area (Å²) in [6, 6.07) is 5.19. The predicted molar refractivity (Wildman–Crippen MR) is 93.8 cm³/mol. The summed E-state index contributed by atoms with van der Waals surface area (Å²) in [6.07, 6.45) is 1.45. The van der Waals surface area contributed by atoms with Gasteiger partial charge in [-0.15, -0.1) is 6.58 Å². The quantitative estimate of drug-likeness (QED) is 0.266. The largest absolute Gasteiger partial charge is 1.00 e. The summed E-state index contributed by atoms with van der Waals surface area (Å²) < 4.78 is 37.0. The number of hydrogen-bond donors (Lipinski definition) is 0. The first-order valence-corrected chi connectivity index (χ1v) is 8.91. The molecule has 0 aliphatic heterocycles. The number of imidazole rings is 1. The summed E-state index contributed by atoms with van der Waals surface area (Å²) in [5.74, 6) is 0.360. The van der Waals surface area contributed by atoms with Gasteiger partial charge in [-0.05, 0) is 12.1 Å². The van der Waals surface area contributed by atoms with Gasteiger partial charge >= 0.3 is 35.2 Å². The average molecular weight is 398 g/mol. The summed E-state index contributed by atoms with van der Waals surface area (Å²) in [5, 5.41) is 0. The molecule has 0 unspecified atom stereocenters. The van der Waals surface area contributed by atoms with Crippen LogP contribution in [-0.2, 0) is 30.8 Å². The number of nitrogens with zero attached hydrogens (tertiary/aromatic N) is 4. The zero-order valence-electron chi connectivity index (χ0n) is 15.0.